The first-order chi connectivity index (χ1) is 11.7. The van der Waals surface area contributed by atoms with Crippen LogP contribution in [0.3, 0.4) is 0 Å². The predicted octanol–water partition coefficient (Wildman–Crippen LogP) is 3.25. The molecular weight excluding hydrogens is 320 g/mol. The van der Waals surface area contributed by atoms with Crippen LogP contribution in [0.1, 0.15) is 12.5 Å². The van der Waals surface area contributed by atoms with Crippen LogP contribution in [0.15, 0.2) is 48.5 Å². The Labute approximate surface area is 146 Å². The second-order valence-electron chi connectivity index (χ2n) is 5.36. The first kappa shape index (κ1) is 16.3. The van der Waals surface area contributed by atoms with Gasteiger partial charge in [-0.3, -0.25) is 4.90 Å². The second-order valence-corrected chi connectivity index (χ2v) is 5.78. The lowest BCUT2D eigenvalue weighted by molar-refractivity contribution is 0.336. The molecule has 5 nitrogen and oxygen atoms in total. The zero-order chi connectivity index (χ0) is 16.9. The first-order valence-electron chi connectivity index (χ1n) is 7.91. The lowest BCUT2D eigenvalue weighted by Gasteiger charge is -2.20. The molecule has 0 saturated carbocycles. The molecule has 6 heteroatoms. The van der Waals surface area contributed by atoms with Crippen LogP contribution in [0.2, 0.25) is 0 Å². The normalized spacial score (nSPS) is 10.7. The number of fused-ring (bicyclic) bond motifs is 1. The molecule has 0 aliphatic heterocycles. The SMILES string of the molecule is CCOc1ccccc1CCN(C(N)=S)c1nc2ccccc2[nH]1. The standard InChI is InChI=1S/C18H20N4OS/c1-2-23-16-10-6-3-7-13(16)11-12-22(17(19)24)18-20-14-8-4-5-9-15(14)21-18/h3-10H,2,11-12H2,1H3,(H2,19,24)(H,20,21). The number of hydrogen-bond donors (Lipinski definition) is 2. The van der Waals surface area contributed by atoms with Crippen molar-refractivity contribution in [2.75, 3.05) is 18.1 Å². The Morgan fingerprint density at radius 3 is 2.71 bits per heavy atom. The smallest absolute Gasteiger partial charge is 0.210 e. The lowest BCUT2D eigenvalue weighted by Crippen LogP contribution is -2.37. The number of anilines is 1. The van der Waals surface area contributed by atoms with Crippen molar-refractivity contribution in [1.29, 1.82) is 0 Å². The number of hydrogen-bond acceptors (Lipinski definition) is 3. The number of nitrogens with two attached hydrogens (primary N) is 1. The third kappa shape index (κ3) is 3.49. The van der Waals surface area contributed by atoms with E-state index in [2.05, 4.69) is 16.0 Å². The quantitative estimate of drug-likeness (QED) is 0.674. The highest BCUT2D eigenvalue weighted by molar-refractivity contribution is 7.80. The van der Waals surface area contributed by atoms with Crippen LogP contribution < -0.4 is 15.4 Å². The van der Waals surface area contributed by atoms with E-state index in [1.807, 2.05) is 54.3 Å². The molecule has 24 heavy (non-hydrogen) atoms. The molecule has 0 saturated heterocycles. The summed E-state index contributed by atoms with van der Waals surface area (Å²) in [7, 11) is 0. The van der Waals surface area contributed by atoms with E-state index in [-0.39, 0.29) is 0 Å². The predicted molar refractivity (Wildman–Crippen MR) is 102 cm³/mol. The summed E-state index contributed by atoms with van der Waals surface area (Å²) in [6, 6.07) is 15.9. The molecule has 3 N–H and O–H groups in total. The van der Waals surface area contributed by atoms with E-state index in [0.717, 1.165) is 28.8 Å². The summed E-state index contributed by atoms with van der Waals surface area (Å²) >= 11 is 5.22. The third-order valence-electron chi connectivity index (χ3n) is 3.78. The Hall–Kier alpha value is -2.60. The minimum absolute atomic E-state index is 0.294. The highest BCUT2D eigenvalue weighted by Crippen LogP contribution is 2.21. The number of thiocarbonyl (C=S) groups is 1. The van der Waals surface area contributed by atoms with Gasteiger partial charge in [-0.1, -0.05) is 30.3 Å². The highest BCUT2D eigenvalue weighted by Gasteiger charge is 2.15. The van der Waals surface area contributed by atoms with Crippen LogP contribution in [-0.4, -0.2) is 28.2 Å². The summed E-state index contributed by atoms with van der Waals surface area (Å²) < 4.78 is 5.68. The van der Waals surface area contributed by atoms with Crippen molar-refractivity contribution in [3.8, 4) is 5.75 Å². The molecule has 0 amide bonds. The molecule has 2 aromatic carbocycles. The van der Waals surface area contributed by atoms with Crippen LogP contribution in [-0.2, 0) is 6.42 Å². The van der Waals surface area contributed by atoms with E-state index >= 15 is 0 Å². The van der Waals surface area contributed by atoms with Crippen molar-refractivity contribution in [2.24, 2.45) is 5.73 Å². The Kier molecular flexibility index (Phi) is 4.96. The van der Waals surface area contributed by atoms with Gasteiger partial charge < -0.3 is 15.5 Å². The average Bonchev–Trinajstić information content (AvgIpc) is 3.00. The second kappa shape index (κ2) is 7.31. The molecule has 3 aromatic rings. The average molecular weight is 340 g/mol. The Morgan fingerprint density at radius 2 is 1.96 bits per heavy atom. The fourth-order valence-electron chi connectivity index (χ4n) is 2.63. The summed E-state index contributed by atoms with van der Waals surface area (Å²) in [5, 5.41) is 0.294. The van der Waals surface area contributed by atoms with E-state index in [1.165, 1.54) is 0 Å². The minimum Gasteiger partial charge on any atom is -0.494 e. The van der Waals surface area contributed by atoms with Crippen LogP contribution >= 0.6 is 12.2 Å². The molecule has 0 unspecified atom stereocenters. The molecule has 1 heterocycles. The first-order valence-corrected chi connectivity index (χ1v) is 8.32. The molecule has 0 radical (unpaired) electrons. The zero-order valence-corrected chi connectivity index (χ0v) is 14.3. The van der Waals surface area contributed by atoms with Gasteiger partial charge in [0.25, 0.3) is 0 Å². The summed E-state index contributed by atoms with van der Waals surface area (Å²) in [4.78, 5) is 9.66. The largest absolute Gasteiger partial charge is 0.494 e. The fourth-order valence-corrected chi connectivity index (χ4v) is 2.80. The summed E-state index contributed by atoms with van der Waals surface area (Å²) in [5.41, 5.74) is 8.89. The van der Waals surface area contributed by atoms with Crippen molar-refractivity contribution in [1.82, 2.24) is 9.97 Å². The number of aromatic nitrogens is 2. The van der Waals surface area contributed by atoms with E-state index in [4.69, 9.17) is 22.7 Å². The molecule has 0 bridgehead atoms. The van der Waals surface area contributed by atoms with E-state index < -0.39 is 0 Å². The maximum atomic E-state index is 5.92. The number of nitrogens with zero attached hydrogens (tertiary/aromatic N) is 2. The van der Waals surface area contributed by atoms with Gasteiger partial charge in [0, 0.05) is 6.54 Å². The fraction of sp³-hybridized carbons (Fsp3) is 0.222. The van der Waals surface area contributed by atoms with Crippen molar-refractivity contribution in [3.05, 3.63) is 54.1 Å². The molecule has 0 atom stereocenters. The molecule has 0 aliphatic carbocycles. The number of benzene rings is 2. The van der Waals surface area contributed by atoms with Gasteiger partial charge >= 0.3 is 0 Å². The van der Waals surface area contributed by atoms with Gasteiger partial charge in [0.15, 0.2) is 5.11 Å². The zero-order valence-electron chi connectivity index (χ0n) is 13.5. The Balaban J connectivity index is 1.81. The van der Waals surface area contributed by atoms with Gasteiger partial charge in [0.05, 0.1) is 17.6 Å². The van der Waals surface area contributed by atoms with E-state index in [1.54, 1.807) is 0 Å². The van der Waals surface area contributed by atoms with Crippen molar-refractivity contribution >= 4 is 34.3 Å². The van der Waals surface area contributed by atoms with Crippen LogP contribution in [0.5, 0.6) is 5.75 Å². The van der Waals surface area contributed by atoms with Crippen LogP contribution in [0.25, 0.3) is 11.0 Å². The maximum absolute atomic E-state index is 5.92. The molecule has 1 aromatic heterocycles. The number of H-pyrrole nitrogens is 1. The van der Waals surface area contributed by atoms with Gasteiger partial charge in [0.2, 0.25) is 5.95 Å². The highest BCUT2D eigenvalue weighted by atomic mass is 32.1. The van der Waals surface area contributed by atoms with E-state index in [9.17, 15) is 0 Å². The van der Waals surface area contributed by atoms with E-state index in [0.29, 0.717) is 24.2 Å². The monoisotopic (exact) mass is 340 g/mol. The van der Waals surface area contributed by atoms with Crippen LogP contribution in [0.4, 0.5) is 5.95 Å². The topological polar surface area (TPSA) is 67.2 Å². The van der Waals surface area contributed by atoms with Gasteiger partial charge in [0.1, 0.15) is 5.75 Å². The summed E-state index contributed by atoms with van der Waals surface area (Å²) in [6.07, 6.45) is 0.755. The molecule has 3 rings (SSSR count). The van der Waals surface area contributed by atoms with Gasteiger partial charge in [-0.05, 0) is 49.3 Å². The van der Waals surface area contributed by atoms with Gasteiger partial charge in [-0.25, -0.2) is 4.98 Å². The number of ether oxygens (including phenoxy) is 1. The summed E-state index contributed by atoms with van der Waals surface area (Å²) in [5.74, 6) is 1.56. The minimum atomic E-state index is 0.294. The number of rotatable bonds is 6. The van der Waals surface area contributed by atoms with Crippen molar-refractivity contribution in [3.63, 3.8) is 0 Å². The molecule has 124 valence electrons. The molecular formula is C18H20N4OS. The molecule has 0 fully saturated rings. The number of imidazole rings is 1. The molecule has 0 aliphatic rings. The van der Waals surface area contributed by atoms with Crippen LogP contribution in [0, 0.1) is 0 Å². The van der Waals surface area contributed by atoms with Gasteiger partial charge in [-0.2, -0.15) is 0 Å². The Morgan fingerprint density at radius 1 is 1.21 bits per heavy atom. The number of para-hydroxylation sites is 3. The Bertz CT molecular complexity index is 813. The molecule has 0 spiro atoms. The maximum Gasteiger partial charge on any atom is 0.210 e. The number of aromatic amines is 1. The van der Waals surface area contributed by atoms with Crippen molar-refractivity contribution in [2.45, 2.75) is 13.3 Å². The lowest BCUT2D eigenvalue weighted by atomic mass is 10.1. The summed E-state index contributed by atoms with van der Waals surface area (Å²) in [6.45, 7) is 3.24. The van der Waals surface area contributed by atoms with Crippen molar-refractivity contribution < 1.29 is 4.74 Å². The van der Waals surface area contributed by atoms with Gasteiger partial charge in [-0.15, -0.1) is 0 Å². The number of nitrogens with one attached hydrogen (secondary N) is 1. The third-order valence-corrected chi connectivity index (χ3v) is 4.00.